The Labute approximate surface area is 175 Å². The number of amides is 4. The van der Waals surface area contributed by atoms with E-state index in [-0.39, 0.29) is 6.42 Å². The monoisotopic (exact) mass is 434 g/mol. The smallest absolute Gasteiger partial charge is 0.322 e. The number of nitro benzene ring substituents is 1. The number of nitrogens with one attached hydrogen (secondary N) is 2. The molecule has 1 aliphatic heterocycles. The zero-order chi connectivity index (χ0) is 22.1. The number of benzene rings is 2. The lowest BCUT2D eigenvalue weighted by molar-refractivity contribution is -0.384. The molecule has 1 aliphatic rings. The average Bonchev–Trinajstić information content (AvgIpc) is 2.95. The Hall–Kier alpha value is -3.53. The second-order valence-electron chi connectivity index (χ2n) is 6.56. The lowest BCUT2D eigenvalue weighted by Crippen LogP contribution is -2.44. The number of hydrogen-bond donors (Lipinski definition) is 2. The number of nitrogens with zero attached hydrogens (tertiary/aromatic N) is 2. The average molecular weight is 435 g/mol. The first-order valence-electron chi connectivity index (χ1n) is 8.82. The molecule has 1 saturated heterocycles. The van der Waals surface area contributed by atoms with Gasteiger partial charge in [0.05, 0.1) is 10.6 Å². The SMILES string of the molecule is CCC1(c2ccc(Cl)cc2)NC(=O)N(CC(=O)Nc2cc([N+](=O)[O-])ccc2F)C1=O. The van der Waals surface area contributed by atoms with Crippen LogP contribution in [0, 0.1) is 15.9 Å². The van der Waals surface area contributed by atoms with Crippen LogP contribution in [-0.2, 0) is 15.1 Å². The van der Waals surface area contributed by atoms with Gasteiger partial charge in [-0.15, -0.1) is 0 Å². The first-order chi connectivity index (χ1) is 14.2. The van der Waals surface area contributed by atoms with Gasteiger partial charge in [0.1, 0.15) is 17.9 Å². The normalized spacial score (nSPS) is 18.3. The third kappa shape index (κ3) is 3.81. The molecule has 1 heterocycles. The highest BCUT2D eigenvalue weighted by Gasteiger charge is 2.51. The molecule has 2 aromatic carbocycles. The molecule has 156 valence electrons. The van der Waals surface area contributed by atoms with Crippen molar-refractivity contribution in [1.29, 1.82) is 0 Å². The first kappa shape index (κ1) is 21.2. The van der Waals surface area contributed by atoms with Crippen molar-refractivity contribution in [1.82, 2.24) is 10.2 Å². The van der Waals surface area contributed by atoms with E-state index in [2.05, 4.69) is 10.6 Å². The molecular formula is C19H16ClFN4O5. The van der Waals surface area contributed by atoms with Crippen LogP contribution < -0.4 is 10.6 Å². The van der Waals surface area contributed by atoms with E-state index in [1.807, 2.05) is 0 Å². The van der Waals surface area contributed by atoms with Crippen molar-refractivity contribution in [2.75, 3.05) is 11.9 Å². The van der Waals surface area contributed by atoms with Crippen molar-refractivity contribution in [3.05, 3.63) is 69.0 Å². The number of anilines is 1. The summed E-state index contributed by atoms with van der Waals surface area (Å²) in [6.45, 7) is 1.01. The molecule has 9 nitrogen and oxygen atoms in total. The van der Waals surface area contributed by atoms with E-state index in [1.54, 1.807) is 31.2 Å². The molecule has 1 unspecified atom stereocenters. The van der Waals surface area contributed by atoms with Crippen molar-refractivity contribution in [2.45, 2.75) is 18.9 Å². The van der Waals surface area contributed by atoms with E-state index in [9.17, 15) is 28.9 Å². The molecule has 3 rings (SSSR count). The maximum atomic E-state index is 13.9. The summed E-state index contributed by atoms with van der Waals surface area (Å²) in [5.41, 5.74) is -1.71. The number of hydrogen-bond acceptors (Lipinski definition) is 5. The molecule has 0 spiro atoms. The quantitative estimate of drug-likeness (QED) is 0.411. The molecular weight excluding hydrogens is 419 g/mol. The molecule has 1 atom stereocenters. The standard InChI is InChI=1S/C19H16ClFN4O5/c1-2-19(11-3-5-12(20)6-4-11)17(27)24(18(28)23-19)10-16(26)22-15-9-13(25(29)30)7-8-14(15)21/h3-9H,2,10H2,1H3,(H,22,26)(H,23,28). The number of rotatable bonds is 6. The zero-order valence-corrected chi connectivity index (χ0v) is 16.4. The lowest BCUT2D eigenvalue weighted by Gasteiger charge is -2.25. The molecule has 0 aliphatic carbocycles. The van der Waals surface area contributed by atoms with Crippen molar-refractivity contribution in [2.24, 2.45) is 0 Å². The fraction of sp³-hybridized carbons (Fsp3) is 0.211. The van der Waals surface area contributed by atoms with E-state index in [0.717, 1.165) is 18.2 Å². The molecule has 11 heteroatoms. The molecule has 2 N–H and O–H groups in total. The Morgan fingerprint density at radius 2 is 1.93 bits per heavy atom. The summed E-state index contributed by atoms with van der Waals surface area (Å²) in [5.74, 6) is -2.43. The van der Waals surface area contributed by atoms with Crippen LogP contribution in [0.2, 0.25) is 5.02 Å². The minimum absolute atomic E-state index is 0.219. The Morgan fingerprint density at radius 3 is 2.53 bits per heavy atom. The fourth-order valence-electron chi connectivity index (χ4n) is 3.20. The van der Waals surface area contributed by atoms with Crippen molar-refractivity contribution < 1.29 is 23.7 Å². The number of non-ortho nitro benzene ring substituents is 1. The first-order valence-corrected chi connectivity index (χ1v) is 9.19. The predicted molar refractivity (Wildman–Crippen MR) is 105 cm³/mol. The van der Waals surface area contributed by atoms with Gasteiger partial charge in [0.2, 0.25) is 5.91 Å². The van der Waals surface area contributed by atoms with Gasteiger partial charge >= 0.3 is 6.03 Å². The van der Waals surface area contributed by atoms with Gasteiger partial charge in [-0.2, -0.15) is 0 Å². The van der Waals surface area contributed by atoms with E-state index >= 15 is 0 Å². The molecule has 0 bridgehead atoms. The molecule has 0 aromatic heterocycles. The van der Waals surface area contributed by atoms with Gasteiger partial charge in [0, 0.05) is 17.2 Å². The summed E-state index contributed by atoms with van der Waals surface area (Å²) in [6.07, 6.45) is 0.219. The van der Waals surface area contributed by atoms with E-state index < -0.39 is 52.0 Å². The van der Waals surface area contributed by atoms with Crippen molar-refractivity contribution >= 4 is 40.8 Å². The molecule has 4 amide bonds. The van der Waals surface area contributed by atoms with Crippen molar-refractivity contribution in [3.63, 3.8) is 0 Å². The topological polar surface area (TPSA) is 122 Å². The van der Waals surface area contributed by atoms with Crippen LogP contribution in [0.25, 0.3) is 0 Å². The number of halogens is 2. The molecule has 1 fully saturated rings. The van der Waals surface area contributed by atoms with E-state index in [0.29, 0.717) is 15.5 Å². The van der Waals surface area contributed by atoms with Gasteiger partial charge in [-0.1, -0.05) is 30.7 Å². The molecule has 0 radical (unpaired) electrons. The highest BCUT2D eigenvalue weighted by molar-refractivity contribution is 6.30. The van der Waals surface area contributed by atoms with Crippen LogP contribution in [0.4, 0.5) is 20.6 Å². The summed E-state index contributed by atoms with van der Waals surface area (Å²) in [7, 11) is 0. The summed E-state index contributed by atoms with van der Waals surface area (Å²) in [4.78, 5) is 48.6. The van der Waals surface area contributed by atoms with Crippen LogP contribution in [0.15, 0.2) is 42.5 Å². The third-order valence-electron chi connectivity index (χ3n) is 4.78. The Kier molecular flexibility index (Phi) is 5.70. The van der Waals surface area contributed by atoms with Crippen molar-refractivity contribution in [3.8, 4) is 0 Å². The van der Waals surface area contributed by atoms with Gasteiger partial charge in [-0.05, 0) is 30.2 Å². The predicted octanol–water partition coefficient (Wildman–Crippen LogP) is 3.18. The zero-order valence-electron chi connectivity index (χ0n) is 15.6. The molecule has 0 saturated carbocycles. The van der Waals surface area contributed by atoms with E-state index in [4.69, 9.17) is 11.6 Å². The van der Waals surface area contributed by atoms with Gasteiger partial charge in [-0.25, -0.2) is 9.18 Å². The maximum Gasteiger partial charge on any atom is 0.325 e. The van der Waals surface area contributed by atoms with Crippen LogP contribution >= 0.6 is 11.6 Å². The van der Waals surface area contributed by atoms with Crippen LogP contribution in [0.5, 0.6) is 0 Å². The second kappa shape index (κ2) is 8.07. The lowest BCUT2D eigenvalue weighted by atomic mass is 9.87. The van der Waals surface area contributed by atoms with Gasteiger partial charge in [0.15, 0.2) is 0 Å². The molecule has 30 heavy (non-hydrogen) atoms. The second-order valence-corrected chi connectivity index (χ2v) is 6.99. The van der Waals surface area contributed by atoms with Gasteiger partial charge in [0.25, 0.3) is 11.6 Å². The Morgan fingerprint density at radius 1 is 1.27 bits per heavy atom. The number of imide groups is 1. The summed E-state index contributed by atoms with van der Waals surface area (Å²) < 4.78 is 13.9. The van der Waals surface area contributed by atoms with Crippen LogP contribution in [-0.4, -0.2) is 34.2 Å². The minimum Gasteiger partial charge on any atom is -0.322 e. The van der Waals surface area contributed by atoms with Crippen LogP contribution in [0.3, 0.4) is 0 Å². The Bertz CT molecular complexity index is 1050. The maximum absolute atomic E-state index is 13.9. The fourth-order valence-corrected chi connectivity index (χ4v) is 3.33. The van der Waals surface area contributed by atoms with Gasteiger partial charge in [-0.3, -0.25) is 24.6 Å². The highest BCUT2D eigenvalue weighted by Crippen LogP contribution is 2.33. The summed E-state index contributed by atoms with van der Waals surface area (Å²) >= 11 is 5.88. The number of urea groups is 1. The number of carbonyl (C=O) groups excluding carboxylic acids is 3. The largest absolute Gasteiger partial charge is 0.325 e. The third-order valence-corrected chi connectivity index (χ3v) is 5.03. The number of carbonyl (C=O) groups is 3. The van der Waals surface area contributed by atoms with Gasteiger partial charge < -0.3 is 10.6 Å². The van der Waals surface area contributed by atoms with Crippen LogP contribution in [0.1, 0.15) is 18.9 Å². The summed E-state index contributed by atoms with van der Waals surface area (Å²) in [5, 5.41) is 16.1. The number of nitro groups is 1. The van der Waals surface area contributed by atoms with E-state index in [1.165, 1.54) is 0 Å². The minimum atomic E-state index is -1.36. The molecule has 2 aromatic rings. The summed E-state index contributed by atoms with van der Waals surface area (Å²) in [6, 6.07) is 8.21. The Balaban J connectivity index is 1.80. The highest BCUT2D eigenvalue weighted by atomic mass is 35.5.